The van der Waals surface area contributed by atoms with Gasteiger partial charge < -0.3 is 20.3 Å². The number of cyclic esters (lactones) is 1. The van der Waals surface area contributed by atoms with E-state index in [9.17, 15) is 14.9 Å². The summed E-state index contributed by atoms with van der Waals surface area (Å²) in [5.41, 5.74) is 9.02. The van der Waals surface area contributed by atoms with E-state index >= 15 is 0 Å². The van der Waals surface area contributed by atoms with Gasteiger partial charge in [-0.2, -0.15) is 4.79 Å². The van der Waals surface area contributed by atoms with Crippen LogP contribution >= 0.6 is 0 Å². The van der Waals surface area contributed by atoms with Crippen molar-refractivity contribution in [3.63, 3.8) is 0 Å². The van der Waals surface area contributed by atoms with E-state index in [4.69, 9.17) is 15.0 Å². The summed E-state index contributed by atoms with van der Waals surface area (Å²) in [7, 11) is 1.34. The summed E-state index contributed by atoms with van der Waals surface area (Å²) >= 11 is 0. The normalized spacial score (nSPS) is 21.2. The van der Waals surface area contributed by atoms with Crippen LogP contribution in [0.25, 0.3) is 5.53 Å². The standard InChI is InChI=1S/C11H10N4O5/c1-19-11-9(8(14-12)10(16)20-11)13-6-2-4-7(5-3-6)15(17)18/h2-5,9,11,13H,1H3. The van der Waals surface area contributed by atoms with Crippen LogP contribution in [-0.2, 0) is 14.3 Å². The highest BCUT2D eigenvalue weighted by Gasteiger charge is 2.49. The number of non-ortho nitro benzene ring substituents is 1. The van der Waals surface area contributed by atoms with Gasteiger partial charge in [0.25, 0.3) is 5.69 Å². The lowest BCUT2D eigenvalue weighted by molar-refractivity contribution is -0.384. The maximum atomic E-state index is 11.4. The molecule has 0 radical (unpaired) electrons. The Morgan fingerprint density at radius 1 is 1.45 bits per heavy atom. The van der Waals surface area contributed by atoms with Crippen molar-refractivity contribution in [1.82, 2.24) is 0 Å². The highest BCUT2D eigenvalue weighted by Crippen LogP contribution is 2.20. The molecule has 0 amide bonds. The molecule has 1 saturated heterocycles. The molecular weight excluding hydrogens is 268 g/mol. The smallest absolute Gasteiger partial charge is 0.421 e. The zero-order chi connectivity index (χ0) is 14.7. The molecule has 1 N–H and O–H groups in total. The van der Waals surface area contributed by atoms with E-state index in [-0.39, 0.29) is 11.4 Å². The molecule has 104 valence electrons. The third kappa shape index (κ3) is 2.48. The van der Waals surface area contributed by atoms with E-state index in [1.807, 2.05) is 0 Å². The average Bonchev–Trinajstić information content (AvgIpc) is 2.74. The summed E-state index contributed by atoms with van der Waals surface area (Å²) in [6.45, 7) is 0. The van der Waals surface area contributed by atoms with E-state index in [1.54, 1.807) is 0 Å². The highest BCUT2D eigenvalue weighted by molar-refractivity contribution is 6.38. The molecule has 1 fully saturated rings. The fraction of sp³-hybridized carbons (Fsp3) is 0.273. The lowest BCUT2D eigenvalue weighted by atomic mass is 10.2. The zero-order valence-corrected chi connectivity index (χ0v) is 10.3. The summed E-state index contributed by atoms with van der Waals surface area (Å²) in [6, 6.07) is 4.72. The first-order valence-electron chi connectivity index (χ1n) is 5.53. The molecule has 0 saturated carbocycles. The number of benzene rings is 1. The molecule has 0 spiro atoms. The van der Waals surface area contributed by atoms with Crippen LogP contribution in [0, 0.1) is 10.1 Å². The minimum atomic E-state index is -0.941. The van der Waals surface area contributed by atoms with Crippen molar-refractivity contribution in [1.29, 1.82) is 0 Å². The van der Waals surface area contributed by atoms with Crippen molar-refractivity contribution in [3.8, 4) is 0 Å². The Bertz CT molecular complexity index is 593. The summed E-state index contributed by atoms with van der Waals surface area (Å²) in [6.07, 6.45) is -0.941. The summed E-state index contributed by atoms with van der Waals surface area (Å²) in [5.74, 6) is -0.793. The van der Waals surface area contributed by atoms with Gasteiger partial charge in [0.05, 0.1) is 4.92 Å². The van der Waals surface area contributed by atoms with Crippen LogP contribution < -0.4 is 5.32 Å². The molecule has 20 heavy (non-hydrogen) atoms. The molecule has 2 unspecified atom stereocenters. The van der Waals surface area contributed by atoms with Crippen molar-refractivity contribution in [3.05, 3.63) is 39.9 Å². The minimum absolute atomic E-state index is 0.0614. The number of carbonyl (C=O) groups is 1. The van der Waals surface area contributed by atoms with Gasteiger partial charge in [0, 0.05) is 24.9 Å². The first-order valence-corrected chi connectivity index (χ1v) is 5.53. The van der Waals surface area contributed by atoms with Gasteiger partial charge in [-0.3, -0.25) is 10.1 Å². The Hall–Kier alpha value is -2.77. The number of esters is 1. The number of hydrogen-bond donors (Lipinski definition) is 1. The predicted molar refractivity (Wildman–Crippen MR) is 66.0 cm³/mol. The Labute approximate surface area is 112 Å². The zero-order valence-electron chi connectivity index (χ0n) is 10.3. The predicted octanol–water partition coefficient (Wildman–Crippen LogP) is 0.575. The molecule has 2 rings (SSSR count). The number of nitrogens with zero attached hydrogens (tertiary/aromatic N) is 3. The number of nitro groups is 1. The van der Waals surface area contributed by atoms with Crippen LogP contribution in [0.5, 0.6) is 0 Å². The molecule has 0 aromatic heterocycles. The highest BCUT2D eigenvalue weighted by atomic mass is 16.7. The number of ether oxygens (including phenoxy) is 2. The molecule has 1 heterocycles. The van der Waals surface area contributed by atoms with Crippen LogP contribution in [0.1, 0.15) is 0 Å². The van der Waals surface area contributed by atoms with Crippen LogP contribution in [0.3, 0.4) is 0 Å². The molecule has 9 heteroatoms. The van der Waals surface area contributed by atoms with Crippen LogP contribution in [0.4, 0.5) is 11.4 Å². The van der Waals surface area contributed by atoms with Gasteiger partial charge in [-0.05, 0) is 12.1 Å². The van der Waals surface area contributed by atoms with Gasteiger partial charge in [0.2, 0.25) is 6.29 Å². The lowest BCUT2D eigenvalue weighted by Gasteiger charge is -2.15. The van der Waals surface area contributed by atoms with Crippen LogP contribution in [0.15, 0.2) is 24.3 Å². The SMILES string of the molecule is COC1OC(=O)C(=[N+]=[N-])C1Nc1ccc([N+](=O)[O-])cc1. The van der Waals surface area contributed by atoms with Crippen molar-refractivity contribution in [2.75, 3.05) is 12.4 Å². The maximum absolute atomic E-state index is 11.4. The minimum Gasteiger partial charge on any atom is -0.424 e. The summed E-state index contributed by atoms with van der Waals surface area (Å²) in [5, 5.41) is 13.4. The molecule has 1 aliphatic rings. The largest absolute Gasteiger partial charge is 0.424 e. The van der Waals surface area contributed by atoms with E-state index in [0.717, 1.165) is 0 Å². The molecule has 1 aliphatic heterocycles. The summed E-state index contributed by atoms with van der Waals surface area (Å²) in [4.78, 5) is 24.3. The molecule has 0 aliphatic carbocycles. The number of nitrogens with one attached hydrogen (secondary N) is 1. The molecule has 2 atom stereocenters. The van der Waals surface area contributed by atoms with Gasteiger partial charge in [0.1, 0.15) is 0 Å². The van der Waals surface area contributed by atoms with E-state index in [1.165, 1.54) is 31.4 Å². The third-order valence-electron chi connectivity index (χ3n) is 2.74. The topological polar surface area (TPSA) is 127 Å². The molecule has 1 aromatic rings. The Kier molecular flexibility index (Phi) is 3.74. The third-order valence-corrected chi connectivity index (χ3v) is 2.74. The quantitative estimate of drug-likeness (QED) is 0.282. The molecule has 0 bridgehead atoms. The summed E-state index contributed by atoms with van der Waals surface area (Å²) < 4.78 is 9.79. The second-order valence-corrected chi connectivity index (χ2v) is 3.92. The number of nitro benzene ring substituents is 1. The van der Waals surface area contributed by atoms with Gasteiger partial charge in [0.15, 0.2) is 6.04 Å². The second kappa shape index (κ2) is 5.47. The van der Waals surface area contributed by atoms with Crippen molar-refractivity contribution in [2.24, 2.45) is 0 Å². The number of rotatable bonds is 4. The Morgan fingerprint density at radius 3 is 2.60 bits per heavy atom. The fourth-order valence-electron chi connectivity index (χ4n) is 1.77. The number of anilines is 1. The molecule has 9 nitrogen and oxygen atoms in total. The van der Waals surface area contributed by atoms with Crippen molar-refractivity contribution < 1.29 is 24.0 Å². The fourth-order valence-corrected chi connectivity index (χ4v) is 1.77. The average molecular weight is 278 g/mol. The number of carbonyl (C=O) groups excluding carboxylic acids is 1. The number of hydrogen-bond acceptors (Lipinski definition) is 6. The van der Waals surface area contributed by atoms with E-state index in [2.05, 4.69) is 10.1 Å². The maximum Gasteiger partial charge on any atom is 0.421 e. The van der Waals surface area contributed by atoms with E-state index < -0.39 is 23.2 Å². The lowest BCUT2D eigenvalue weighted by Crippen LogP contribution is -2.36. The van der Waals surface area contributed by atoms with Gasteiger partial charge in [-0.25, -0.2) is 4.79 Å². The van der Waals surface area contributed by atoms with Gasteiger partial charge >= 0.3 is 11.7 Å². The van der Waals surface area contributed by atoms with Crippen molar-refractivity contribution >= 4 is 23.1 Å². The van der Waals surface area contributed by atoms with Crippen LogP contribution in [-0.4, -0.2) is 40.8 Å². The Morgan fingerprint density at radius 2 is 2.10 bits per heavy atom. The second-order valence-electron chi connectivity index (χ2n) is 3.92. The van der Waals surface area contributed by atoms with Crippen molar-refractivity contribution in [2.45, 2.75) is 12.3 Å². The van der Waals surface area contributed by atoms with Gasteiger partial charge in [-0.1, -0.05) is 0 Å². The number of methoxy groups -OCH3 is 1. The monoisotopic (exact) mass is 278 g/mol. The van der Waals surface area contributed by atoms with E-state index in [0.29, 0.717) is 5.69 Å². The van der Waals surface area contributed by atoms with Crippen LogP contribution in [0.2, 0.25) is 0 Å². The molecule has 1 aromatic carbocycles. The Balaban J connectivity index is 2.21. The molecular formula is C11H10N4O5. The first kappa shape index (κ1) is 13.7. The van der Waals surface area contributed by atoms with Gasteiger partial charge in [-0.15, -0.1) is 0 Å². The first-order chi connectivity index (χ1) is 9.56.